The van der Waals surface area contributed by atoms with E-state index in [1.54, 1.807) is 6.92 Å². The second kappa shape index (κ2) is 7.56. The lowest BCUT2D eigenvalue weighted by molar-refractivity contribution is -0.0788. The van der Waals surface area contributed by atoms with E-state index in [-0.39, 0.29) is 23.8 Å². The van der Waals surface area contributed by atoms with Crippen molar-refractivity contribution < 1.29 is 30.0 Å². The molecule has 120 valence electrons. The van der Waals surface area contributed by atoms with Crippen LogP contribution in [0.15, 0.2) is 6.07 Å². The molecule has 3 atom stereocenters. The highest BCUT2D eigenvalue weighted by Gasteiger charge is 2.29. The van der Waals surface area contributed by atoms with E-state index in [0.29, 0.717) is 5.69 Å². The van der Waals surface area contributed by atoms with E-state index in [1.165, 1.54) is 6.07 Å². The predicted molar refractivity (Wildman–Crippen MR) is 74.9 cm³/mol. The molecule has 7 nitrogen and oxygen atoms in total. The number of carbonyl (C=O) groups is 1. The molecule has 0 spiro atoms. The van der Waals surface area contributed by atoms with Gasteiger partial charge in [-0.15, -0.1) is 0 Å². The molecule has 0 bridgehead atoms. The monoisotopic (exact) mass is 301 g/mol. The number of nitrogens with one attached hydrogen (secondary N) is 1. The van der Waals surface area contributed by atoms with E-state index in [0.717, 1.165) is 0 Å². The zero-order valence-corrected chi connectivity index (χ0v) is 12.4. The minimum atomic E-state index is -1.57. The summed E-state index contributed by atoms with van der Waals surface area (Å²) in [6.45, 7) is 4.97. The maximum Gasteiger partial charge on any atom is 0.339 e. The van der Waals surface area contributed by atoms with Crippen molar-refractivity contribution in [3.05, 3.63) is 23.0 Å². The van der Waals surface area contributed by atoms with Gasteiger partial charge in [0.05, 0.1) is 18.8 Å². The first kappa shape index (κ1) is 17.6. The smallest absolute Gasteiger partial charge is 0.339 e. The Hall–Kier alpha value is -1.41. The van der Waals surface area contributed by atoms with Gasteiger partial charge in [-0.25, -0.2) is 4.79 Å². The van der Waals surface area contributed by atoms with Gasteiger partial charge < -0.3 is 30.1 Å². The number of carbonyl (C=O) groups excluding carboxylic acids is 1. The van der Waals surface area contributed by atoms with Crippen LogP contribution in [0.3, 0.4) is 0 Å². The molecule has 0 saturated heterocycles. The van der Waals surface area contributed by atoms with Gasteiger partial charge in [-0.05, 0) is 18.9 Å². The number of aliphatic hydroxyl groups is 4. The van der Waals surface area contributed by atoms with Crippen LogP contribution >= 0.6 is 0 Å². The lowest BCUT2D eigenvalue weighted by Gasteiger charge is -2.20. The lowest BCUT2D eigenvalue weighted by Crippen LogP contribution is -2.34. The van der Waals surface area contributed by atoms with Gasteiger partial charge >= 0.3 is 5.97 Å². The Morgan fingerprint density at radius 3 is 2.43 bits per heavy atom. The summed E-state index contributed by atoms with van der Waals surface area (Å²) in [5.74, 6) is -0.543. The fraction of sp³-hybridized carbons (Fsp3) is 0.643. The first-order valence-electron chi connectivity index (χ1n) is 6.88. The van der Waals surface area contributed by atoms with Crippen LogP contribution in [0.2, 0.25) is 0 Å². The molecular weight excluding hydrogens is 278 g/mol. The Balaban J connectivity index is 3.09. The predicted octanol–water partition coefficient (Wildman–Crippen LogP) is 0.0623. The van der Waals surface area contributed by atoms with Crippen molar-refractivity contribution in [3.63, 3.8) is 0 Å². The Morgan fingerprint density at radius 1 is 1.33 bits per heavy atom. The highest BCUT2D eigenvalue weighted by atomic mass is 16.5. The van der Waals surface area contributed by atoms with Gasteiger partial charge in [-0.2, -0.15) is 0 Å². The fourth-order valence-corrected chi connectivity index (χ4v) is 1.99. The molecule has 0 radical (unpaired) electrons. The molecule has 0 aliphatic carbocycles. The van der Waals surface area contributed by atoms with E-state index < -0.39 is 30.9 Å². The van der Waals surface area contributed by atoms with Crippen LogP contribution in [0, 0.1) is 0 Å². The minimum Gasteiger partial charge on any atom is -0.462 e. The van der Waals surface area contributed by atoms with Crippen LogP contribution in [0.1, 0.15) is 54.5 Å². The summed E-state index contributed by atoms with van der Waals surface area (Å²) in [6.07, 6.45) is -4.49. The number of esters is 1. The summed E-state index contributed by atoms with van der Waals surface area (Å²) in [6, 6.07) is 1.39. The van der Waals surface area contributed by atoms with Gasteiger partial charge in [0, 0.05) is 11.4 Å². The van der Waals surface area contributed by atoms with Crippen LogP contribution in [0.4, 0.5) is 0 Å². The number of aromatic nitrogens is 1. The third-order valence-corrected chi connectivity index (χ3v) is 3.17. The largest absolute Gasteiger partial charge is 0.462 e. The third kappa shape index (κ3) is 4.04. The van der Waals surface area contributed by atoms with Crippen molar-refractivity contribution in [1.82, 2.24) is 4.98 Å². The van der Waals surface area contributed by atoms with Crippen molar-refractivity contribution in [2.45, 2.75) is 45.0 Å². The van der Waals surface area contributed by atoms with Gasteiger partial charge in [-0.3, -0.25) is 0 Å². The SMILES string of the molecule is CCOC(=O)c1cc([C@@H](O)[C@H](O)[C@H](O)CO)[nH]c1C(C)C. The minimum absolute atomic E-state index is 0.0229. The van der Waals surface area contributed by atoms with Crippen LogP contribution in [0.5, 0.6) is 0 Å². The molecule has 0 saturated carbocycles. The summed E-state index contributed by atoms with van der Waals surface area (Å²) in [4.78, 5) is 14.8. The molecule has 0 amide bonds. The standard InChI is InChI=1S/C14H23NO6/c1-4-21-14(20)8-5-9(15-11(8)7(2)3)12(18)13(19)10(17)6-16/h5,7,10,12-13,15-19H,4,6H2,1-3H3/t10-,12-,13-/m1/s1. The molecule has 1 aromatic heterocycles. The number of aliphatic hydroxyl groups excluding tert-OH is 4. The summed E-state index contributed by atoms with van der Waals surface area (Å²) in [5, 5.41) is 37.9. The number of rotatable bonds is 7. The Morgan fingerprint density at radius 2 is 1.95 bits per heavy atom. The van der Waals surface area contributed by atoms with Crippen LogP contribution in [-0.4, -0.2) is 56.8 Å². The highest BCUT2D eigenvalue weighted by molar-refractivity contribution is 5.91. The Labute approximate surface area is 123 Å². The number of hydrogen-bond acceptors (Lipinski definition) is 6. The average molecular weight is 301 g/mol. The number of aromatic amines is 1. The second-order valence-electron chi connectivity index (χ2n) is 5.11. The quantitative estimate of drug-likeness (QED) is 0.454. The fourth-order valence-electron chi connectivity index (χ4n) is 1.99. The number of H-pyrrole nitrogens is 1. The van der Waals surface area contributed by atoms with Crippen molar-refractivity contribution in [1.29, 1.82) is 0 Å². The number of ether oxygens (including phenoxy) is 1. The summed E-state index contributed by atoms with van der Waals surface area (Å²) in [5.41, 5.74) is 1.04. The average Bonchev–Trinajstić information content (AvgIpc) is 2.90. The van der Waals surface area contributed by atoms with Crippen molar-refractivity contribution in [3.8, 4) is 0 Å². The van der Waals surface area contributed by atoms with E-state index in [9.17, 15) is 20.1 Å². The molecule has 5 N–H and O–H groups in total. The van der Waals surface area contributed by atoms with Crippen LogP contribution in [0.25, 0.3) is 0 Å². The van der Waals surface area contributed by atoms with Gasteiger partial charge in [0.1, 0.15) is 18.3 Å². The Bertz CT molecular complexity index is 470. The molecule has 0 aliphatic heterocycles. The molecule has 0 fully saturated rings. The Kier molecular flexibility index (Phi) is 6.35. The molecule has 1 heterocycles. The molecule has 7 heteroatoms. The summed E-state index contributed by atoms with van der Waals surface area (Å²) >= 11 is 0. The van der Waals surface area contributed by atoms with Gasteiger partial charge in [-0.1, -0.05) is 13.8 Å². The molecule has 1 rings (SSSR count). The topological polar surface area (TPSA) is 123 Å². The highest BCUT2D eigenvalue weighted by Crippen LogP contribution is 2.26. The molecular formula is C14H23NO6. The zero-order valence-electron chi connectivity index (χ0n) is 12.4. The number of hydrogen-bond donors (Lipinski definition) is 5. The normalized spacial score (nSPS) is 15.8. The summed E-state index contributed by atoms with van der Waals surface area (Å²) < 4.78 is 4.95. The molecule has 21 heavy (non-hydrogen) atoms. The molecule has 0 aliphatic rings. The van der Waals surface area contributed by atoms with Crippen LogP contribution < -0.4 is 0 Å². The van der Waals surface area contributed by atoms with Crippen molar-refractivity contribution in [2.75, 3.05) is 13.2 Å². The first-order valence-corrected chi connectivity index (χ1v) is 6.88. The van der Waals surface area contributed by atoms with Gasteiger partial charge in [0.2, 0.25) is 0 Å². The van der Waals surface area contributed by atoms with Crippen molar-refractivity contribution >= 4 is 5.97 Å². The van der Waals surface area contributed by atoms with E-state index in [1.807, 2.05) is 13.8 Å². The molecule has 0 unspecified atom stereocenters. The first-order chi connectivity index (χ1) is 9.83. The zero-order chi connectivity index (χ0) is 16.2. The molecule has 0 aromatic carbocycles. The van der Waals surface area contributed by atoms with Gasteiger partial charge in [0.15, 0.2) is 0 Å². The maximum absolute atomic E-state index is 11.9. The van der Waals surface area contributed by atoms with Gasteiger partial charge in [0.25, 0.3) is 0 Å². The summed E-state index contributed by atoms with van der Waals surface area (Å²) in [7, 11) is 0. The van der Waals surface area contributed by atoms with Crippen molar-refractivity contribution in [2.24, 2.45) is 0 Å². The lowest BCUT2D eigenvalue weighted by atomic mass is 10.0. The van der Waals surface area contributed by atoms with E-state index in [2.05, 4.69) is 4.98 Å². The molecule has 1 aromatic rings. The van der Waals surface area contributed by atoms with E-state index >= 15 is 0 Å². The third-order valence-electron chi connectivity index (χ3n) is 3.17. The van der Waals surface area contributed by atoms with Crippen LogP contribution in [-0.2, 0) is 4.74 Å². The second-order valence-corrected chi connectivity index (χ2v) is 5.11. The van der Waals surface area contributed by atoms with E-state index in [4.69, 9.17) is 9.84 Å². The maximum atomic E-state index is 11.9.